The molecule has 33 heavy (non-hydrogen) atoms. The summed E-state index contributed by atoms with van der Waals surface area (Å²) in [6.45, 7) is 8.91. The molecule has 0 saturated heterocycles. The van der Waals surface area contributed by atoms with E-state index in [4.69, 9.17) is 9.98 Å². The highest BCUT2D eigenvalue weighted by atomic mass is 19.1. The Morgan fingerprint density at radius 3 is 2.52 bits per heavy atom. The van der Waals surface area contributed by atoms with Gasteiger partial charge >= 0.3 is 0 Å². The molecule has 0 aliphatic heterocycles. The third-order valence-electron chi connectivity index (χ3n) is 6.10. The number of rotatable bonds is 7. The van der Waals surface area contributed by atoms with Crippen molar-refractivity contribution < 1.29 is 4.39 Å². The van der Waals surface area contributed by atoms with E-state index in [2.05, 4.69) is 28.5 Å². The van der Waals surface area contributed by atoms with Gasteiger partial charge in [0.1, 0.15) is 16.7 Å². The van der Waals surface area contributed by atoms with Crippen LogP contribution in [0.3, 0.4) is 0 Å². The minimum absolute atomic E-state index is 0.232. The van der Waals surface area contributed by atoms with Gasteiger partial charge in [-0.2, -0.15) is 5.10 Å². The number of unbranched alkanes of at least 4 members (excludes halogenated alkanes) is 1. The van der Waals surface area contributed by atoms with Crippen molar-refractivity contribution in [1.29, 1.82) is 0 Å². The van der Waals surface area contributed by atoms with Crippen LogP contribution in [-0.4, -0.2) is 24.3 Å². The van der Waals surface area contributed by atoms with Crippen LogP contribution in [0.2, 0.25) is 0 Å². The van der Waals surface area contributed by atoms with E-state index in [1.807, 2.05) is 45.3 Å². The molecule has 0 atom stereocenters. The van der Waals surface area contributed by atoms with Gasteiger partial charge in [-0.15, -0.1) is 0 Å². The summed E-state index contributed by atoms with van der Waals surface area (Å²) in [4.78, 5) is 14.4. The summed E-state index contributed by atoms with van der Waals surface area (Å²) < 4.78 is 19.2. The molecule has 3 aromatic heterocycles. The fourth-order valence-corrected chi connectivity index (χ4v) is 4.11. The van der Waals surface area contributed by atoms with E-state index >= 15 is 4.39 Å². The topological polar surface area (TPSA) is 60.9 Å². The van der Waals surface area contributed by atoms with E-state index in [9.17, 15) is 0 Å². The molecule has 1 aromatic carbocycles. The predicted molar refractivity (Wildman–Crippen MR) is 130 cm³/mol. The number of pyridine rings is 1. The first-order chi connectivity index (χ1) is 16.0. The zero-order chi connectivity index (χ0) is 23.5. The second kappa shape index (κ2) is 9.65. The Hall–Kier alpha value is -3.35. The standard InChI is InChI=1S/C26H31FN6/c1-6-9-12-33-23(31-25-17(4)18(7-2)13-19(8-3)24(25)27)11-10-21-26(33)30-22(15-28-21)20-14-29-32(5)16-20/h10-11,13-16H,6-9,12H2,1-5H3. The molecule has 0 fully saturated rings. The van der Waals surface area contributed by atoms with Crippen LogP contribution in [0.5, 0.6) is 0 Å². The highest BCUT2D eigenvalue weighted by Crippen LogP contribution is 2.29. The summed E-state index contributed by atoms with van der Waals surface area (Å²) in [6.07, 6.45) is 8.93. The van der Waals surface area contributed by atoms with Crippen LogP contribution in [0, 0.1) is 12.7 Å². The number of aromatic nitrogens is 5. The fraction of sp³-hybridized carbons (Fsp3) is 0.385. The van der Waals surface area contributed by atoms with Crippen molar-refractivity contribution in [3.05, 3.63) is 64.8 Å². The predicted octanol–water partition coefficient (Wildman–Crippen LogP) is 5.44. The molecular weight excluding hydrogens is 415 g/mol. The third-order valence-corrected chi connectivity index (χ3v) is 6.10. The summed E-state index contributed by atoms with van der Waals surface area (Å²) in [5.74, 6) is -0.232. The van der Waals surface area contributed by atoms with Crippen LogP contribution >= 0.6 is 0 Å². The normalized spacial score (nSPS) is 12.1. The number of hydrogen-bond donors (Lipinski definition) is 0. The van der Waals surface area contributed by atoms with Crippen LogP contribution in [0.4, 0.5) is 10.1 Å². The lowest BCUT2D eigenvalue weighted by atomic mass is 9.99. The maximum atomic E-state index is 15.4. The van der Waals surface area contributed by atoms with E-state index in [1.54, 1.807) is 17.1 Å². The van der Waals surface area contributed by atoms with Crippen LogP contribution in [0.1, 0.15) is 50.3 Å². The van der Waals surface area contributed by atoms with Gasteiger partial charge in [-0.1, -0.05) is 33.3 Å². The van der Waals surface area contributed by atoms with Crippen molar-refractivity contribution >= 4 is 16.9 Å². The molecule has 4 aromatic rings. The van der Waals surface area contributed by atoms with Crippen LogP contribution < -0.4 is 5.49 Å². The number of aryl methyl sites for hydroxylation is 4. The minimum atomic E-state index is -0.232. The smallest absolute Gasteiger partial charge is 0.160 e. The van der Waals surface area contributed by atoms with E-state index in [0.717, 1.165) is 59.4 Å². The molecule has 0 aliphatic rings. The van der Waals surface area contributed by atoms with E-state index in [0.29, 0.717) is 23.2 Å². The van der Waals surface area contributed by atoms with Gasteiger partial charge in [0.2, 0.25) is 0 Å². The summed E-state index contributed by atoms with van der Waals surface area (Å²) in [5, 5.41) is 4.25. The molecule has 6 nitrogen and oxygen atoms in total. The molecular formula is C26H31FN6. The molecule has 0 bridgehead atoms. The number of hydrogen-bond acceptors (Lipinski definition) is 4. The quantitative estimate of drug-likeness (QED) is 0.380. The molecule has 0 spiro atoms. The number of benzene rings is 1. The van der Waals surface area contributed by atoms with Crippen LogP contribution in [0.25, 0.3) is 22.4 Å². The van der Waals surface area contributed by atoms with E-state index in [-0.39, 0.29) is 5.82 Å². The van der Waals surface area contributed by atoms with Gasteiger partial charge in [-0.05, 0) is 55.0 Å². The average Bonchev–Trinajstić information content (AvgIpc) is 3.26. The van der Waals surface area contributed by atoms with Gasteiger partial charge in [-0.3, -0.25) is 9.67 Å². The average molecular weight is 447 g/mol. The molecule has 0 saturated carbocycles. The van der Waals surface area contributed by atoms with E-state index in [1.165, 1.54) is 0 Å². The van der Waals surface area contributed by atoms with Gasteiger partial charge in [0.15, 0.2) is 11.5 Å². The Morgan fingerprint density at radius 2 is 1.85 bits per heavy atom. The second-order valence-electron chi connectivity index (χ2n) is 8.36. The van der Waals surface area contributed by atoms with Crippen molar-refractivity contribution in [3.8, 4) is 11.3 Å². The number of nitrogens with zero attached hydrogens (tertiary/aromatic N) is 6. The zero-order valence-corrected chi connectivity index (χ0v) is 20.1. The third kappa shape index (κ3) is 4.45. The Labute approximate surface area is 193 Å². The Morgan fingerprint density at radius 1 is 1.06 bits per heavy atom. The monoisotopic (exact) mass is 446 g/mol. The number of halogens is 1. The SMILES string of the molecule is CCCCn1c(=Nc2c(C)c(CC)cc(CC)c2F)ccc2ncc(-c3cnn(C)c3)nc21. The zero-order valence-electron chi connectivity index (χ0n) is 20.1. The molecule has 0 N–H and O–H groups in total. The first-order valence-electron chi connectivity index (χ1n) is 11.7. The molecule has 0 unspecified atom stereocenters. The van der Waals surface area contributed by atoms with Crippen molar-refractivity contribution in [3.63, 3.8) is 0 Å². The van der Waals surface area contributed by atoms with Crippen LogP contribution in [0.15, 0.2) is 41.8 Å². The van der Waals surface area contributed by atoms with Gasteiger partial charge in [0, 0.05) is 25.4 Å². The summed E-state index contributed by atoms with van der Waals surface area (Å²) in [5.41, 5.74) is 7.02. The Kier molecular flexibility index (Phi) is 6.67. The largest absolute Gasteiger partial charge is 0.309 e. The minimum Gasteiger partial charge on any atom is -0.309 e. The van der Waals surface area contributed by atoms with E-state index < -0.39 is 0 Å². The van der Waals surface area contributed by atoms with Crippen LogP contribution in [-0.2, 0) is 26.4 Å². The van der Waals surface area contributed by atoms with Gasteiger partial charge in [0.25, 0.3) is 0 Å². The molecule has 4 rings (SSSR count). The molecule has 0 aliphatic carbocycles. The molecule has 172 valence electrons. The lowest BCUT2D eigenvalue weighted by Gasteiger charge is -2.14. The van der Waals surface area contributed by atoms with Crippen molar-refractivity contribution in [1.82, 2.24) is 24.3 Å². The maximum Gasteiger partial charge on any atom is 0.160 e. The van der Waals surface area contributed by atoms with Gasteiger partial charge < -0.3 is 4.57 Å². The van der Waals surface area contributed by atoms with Gasteiger partial charge in [0.05, 0.1) is 18.1 Å². The highest BCUT2D eigenvalue weighted by Gasteiger charge is 2.15. The fourth-order valence-electron chi connectivity index (χ4n) is 4.11. The molecule has 0 amide bonds. The first-order valence-corrected chi connectivity index (χ1v) is 11.7. The maximum absolute atomic E-state index is 15.4. The summed E-state index contributed by atoms with van der Waals surface area (Å²) in [7, 11) is 1.88. The Balaban J connectivity index is 1.98. The second-order valence-corrected chi connectivity index (χ2v) is 8.36. The lowest BCUT2D eigenvalue weighted by molar-refractivity contribution is 0.603. The van der Waals surface area contributed by atoms with Gasteiger partial charge in [-0.25, -0.2) is 14.4 Å². The van der Waals surface area contributed by atoms with Crippen molar-refractivity contribution in [2.45, 2.75) is 59.9 Å². The highest BCUT2D eigenvalue weighted by molar-refractivity contribution is 5.73. The lowest BCUT2D eigenvalue weighted by Crippen LogP contribution is -2.22. The first kappa shape index (κ1) is 22.8. The Bertz CT molecular complexity index is 1340. The summed E-state index contributed by atoms with van der Waals surface area (Å²) in [6, 6.07) is 5.80. The molecule has 3 heterocycles. The van der Waals surface area contributed by atoms with Crippen molar-refractivity contribution in [2.75, 3.05) is 0 Å². The number of fused-ring (bicyclic) bond motifs is 1. The van der Waals surface area contributed by atoms with Crippen molar-refractivity contribution in [2.24, 2.45) is 12.0 Å². The molecule has 7 heteroatoms. The summed E-state index contributed by atoms with van der Waals surface area (Å²) >= 11 is 0. The molecule has 0 radical (unpaired) electrons.